The van der Waals surface area contributed by atoms with Crippen LogP contribution in [0.15, 0.2) is 49.1 Å². The van der Waals surface area contributed by atoms with E-state index in [1.165, 1.54) is 12.0 Å². The fourth-order valence-corrected chi connectivity index (χ4v) is 1.14. The summed E-state index contributed by atoms with van der Waals surface area (Å²) in [6.07, 6.45) is 6.60. The Bertz CT molecular complexity index is 280. The molecule has 0 spiro atoms. The van der Waals surface area contributed by atoms with E-state index in [4.69, 9.17) is 0 Å². The van der Waals surface area contributed by atoms with E-state index in [1.54, 1.807) is 0 Å². The highest BCUT2D eigenvalue weighted by Gasteiger charge is 1.90. The Morgan fingerprint density at radius 2 is 1.80 bits per heavy atom. The predicted octanol–water partition coefficient (Wildman–Crippen LogP) is 5.08. The maximum absolute atomic E-state index is 4.01. The van der Waals surface area contributed by atoms with Crippen LogP contribution in [-0.2, 0) is 0 Å². The molecule has 0 aliphatic rings. The van der Waals surface area contributed by atoms with Crippen LogP contribution in [0.2, 0.25) is 0 Å². The van der Waals surface area contributed by atoms with Crippen LogP contribution in [-0.4, -0.2) is 0 Å². The van der Waals surface area contributed by atoms with Crippen LogP contribution >= 0.6 is 0 Å². The van der Waals surface area contributed by atoms with E-state index >= 15 is 0 Å². The van der Waals surface area contributed by atoms with Gasteiger partial charge in [-0.05, 0) is 17.6 Å². The van der Waals surface area contributed by atoms with Gasteiger partial charge in [0.05, 0.1) is 0 Å². The van der Waals surface area contributed by atoms with Crippen molar-refractivity contribution in [2.24, 2.45) is 0 Å². The zero-order valence-corrected chi connectivity index (χ0v) is 10.2. The Balaban J connectivity index is 0.000000921. The maximum Gasteiger partial charge on any atom is -0.0190 e. The van der Waals surface area contributed by atoms with E-state index in [0.717, 1.165) is 12.0 Å². The van der Waals surface area contributed by atoms with Crippen molar-refractivity contribution in [3.05, 3.63) is 54.6 Å². The van der Waals surface area contributed by atoms with Crippen LogP contribution in [0.3, 0.4) is 0 Å². The third kappa shape index (κ3) is 5.90. The molecule has 0 saturated heterocycles. The fourth-order valence-electron chi connectivity index (χ4n) is 1.14. The standard InChI is InChI=1S/C13H16.C2H6/c1-3-4-6-9-12(2)13-10-7-5-8-11-13;1-2/h5-11H,2-4H2,1H3;1-2H3/b9-6-;. The molecule has 1 rings (SSSR count). The summed E-state index contributed by atoms with van der Waals surface area (Å²) in [6.45, 7) is 10.2. The minimum Gasteiger partial charge on any atom is -0.0912 e. The lowest BCUT2D eigenvalue weighted by Crippen LogP contribution is -1.76. The van der Waals surface area contributed by atoms with Gasteiger partial charge in [-0.1, -0.05) is 76.3 Å². The minimum absolute atomic E-state index is 1.09. The summed E-state index contributed by atoms with van der Waals surface area (Å²) in [6, 6.07) is 10.3. The molecule has 15 heavy (non-hydrogen) atoms. The molecule has 1 aromatic carbocycles. The molecule has 0 bridgehead atoms. The molecular weight excluding hydrogens is 180 g/mol. The first-order valence-corrected chi connectivity index (χ1v) is 5.75. The van der Waals surface area contributed by atoms with Crippen LogP contribution in [0.1, 0.15) is 39.2 Å². The lowest BCUT2D eigenvalue weighted by Gasteiger charge is -1.98. The molecule has 0 saturated carbocycles. The molecule has 0 fully saturated rings. The van der Waals surface area contributed by atoms with Gasteiger partial charge < -0.3 is 0 Å². The first-order valence-electron chi connectivity index (χ1n) is 5.75. The van der Waals surface area contributed by atoms with Crippen molar-refractivity contribution in [3.63, 3.8) is 0 Å². The fraction of sp³-hybridized carbons (Fsp3) is 0.333. The van der Waals surface area contributed by atoms with Gasteiger partial charge in [-0.3, -0.25) is 0 Å². The van der Waals surface area contributed by atoms with Crippen LogP contribution in [0.4, 0.5) is 0 Å². The average molecular weight is 202 g/mol. The maximum atomic E-state index is 4.01. The van der Waals surface area contributed by atoms with E-state index < -0.39 is 0 Å². The zero-order valence-electron chi connectivity index (χ0n) is 10.2. The van der Waals surface area contributed by atoms with Crippen molar-refractivity contribution < 1.29 is 0 Å². The topological polar surface area (TPSA) is 0 Å². The number of hydrogen-bond acceptors (Lipinski definition) is 0. The molecular formula is C15H22. The van der Waals surface area contributed by atoms with Gasteiger partial charge >= 0.3 is 0 Å². The van der Waals surface area contributed by atoms with E-state index in [2.05, 4.69) is 37.8 Å². The van der Waals surface area contributed by atoms with E-state index in [9.17, 15) is 0 Å². The Hall–Kier alpha value is -1.30. The Morgan fingerprint density at radius 1 is 1.20 bits per heavy atom. The summed E-state index contributed by atoms with van der Waals surface area (Å²) >= 11 is 0. The second-order valence-electron chi connectivity index (χ2n) is 3.08. The van der Waals surface area contributed by atoms with Gasteiger partial charge in [-0.2, -0.15) is 0 Å². The second kappa shape index (κ2) is 9.26. The quantitative estimate of drug-likeness (QED) is 0.597. The van der Waals surface area contributed by atoms with Crippen molar-refractivity contribution in [1.29, 1.82) is 0 Å². The largest absolute Gasteiger partial charge is 0.0912 e. The van der Waals surface area contributed by atoms with Gasteiger partial charge in [0, 0.05) is 0 Å². The third-order valence-corrected chi connectivity index (χ3v) is 1.92. The van der Waals surface area contributed by atoms with Crippen LogP contribution in [0.25, 0.3) is 5.57 Å². The van der Waals surface area contributed by atoms with Crippen molar-refractivity contribution >= 4 is 5.57 Å². The Morgan fingerprint density at radius 3 is 2.33 bits per heavy atom. The molecule has 1 aromatic rings. The van der Waals surface area contributed by atoms with Gasteiger partial charge in [0.1, 0.15) is 0 Å². The molecule has 0 atom stereocenters. The van der Waals surface area contributed by atoms with Gasteiger partial charge in [0.15, 0.2) is 0 Å². The second-order valence-corrected chi connectivity index (χ2v) is 3.08. The van der Waals surface area contributed by atoms with Gasteiger partial charge in [-0.25, -0.2) is 0 Å². The lowest BCUT2D eigenvalue weighted by molar-refractivity contribution is 0.959. The highest BCUT2D eigenvalue weighted by atomic mass is 14.0. The number of benzene rings is 1. The molecule has 0 aliphatic carbocycles. The Kier molecular flexibility index (Phi) is 8.46. The van der Waals surface area contributed by atoms with Gasteiger partial charge in [0.2, 0.25) is 0 Å². The lowest BCUT2D eigenvalue weighted by atomic mass is 10.1. The monoisotopic (exact) mass is 202 g/mol. The minimum atomic E-state index is 1.09. The molecule has 0 heteroatoms. The smallest absolute Gasteiger partial charge is 0.0190 e. The predicted molar refractivity (Wildman–Crippen MR) is 70.9 cm³/mol. The number of unbranched alkanes of at least 4 members (excludes halogenated alkanes) is 1. The van der Waals surface area contributed by atoms with Crippen LogP contribution in [0.5, 0.6) is 0 Å². The summed E-state index contributed by atoms with van der Waals surface area (Å²) in [4.78, 5) is 0. The summed E-state index contributed by atoms with van der Waals surface area (Å²) in [5, 5.41) is 0. The highest BCUT2D eigenvalue weighted by Crippen LogP contribution is 2.12. The van der Waals surface area contributed by atoms with Crippen molar-refractivity contribution in [2.45, 2.75) is 33.6 Å². The molecule has 0 aliphatic heterocycles. The summed E-state index contributed by atoms with van der Waals surface area (Å²) in [5.74, 6) is 0. The molecule has 0 N–H and O–H groups in total. The summed E-state index contributed by atoms with van der Waals surface area (Å²) in [7, 11) is 0. The molecule has 0 aromatic heterocycles. The van der Waals surface area contributed by atoms with E-state index in [1.807, 2.05) is 32.0 Å². The molecule has 0 radical (unpaired) electrons. The first kappa shape index (κ1) is 13.7. The summed E-state index contributed by atoms with van der Waals surface area (Å²) < 4.78 is 0. The highest BCUT2D eigenvalue weighted by molar-refractivity contribution is 5.71. The SMILES string of the molecule is C=C(/C=C\CCC)c1ccccc1.CC. The zero-order chi connectivity index (χ0) is 11.5. The van der Waals surface area contributed by atoms with Crippen molar-refractivity contribution in [1.82, 2.24) is 0 Å². The first-order chi connectivity index (χ1) is 7.34. The Labute approximate surface area is 94.3 Å². The normalized spacial score (nSPS) is 9.53. The third-order valence-electron chi connectivity index (χ3n) is 1.92. The molecule has 0 heterocycles. The van der Waals surface area contributed by atoms with Crippen LogP contribution in [0, 0.1) is 0 Å². The molecule has 0 nitrogen and oxygen atoms in total. The van der Waals surface area contributed by atoms with Crippen molar-refractivity contribution in [3.8, 4) is 0 Å². The summed E-state index contributed by atoms with van der Waals surface area (Å²) in [5.41, 5.74) is 2.30. The van der Waals surface area contributed by atoms with Gasteiger partial charge in [0.25, 0.3) is 0 Å². The van der Waals surface area contributed by atoms with Gasteiger partial charge in [-0.15, -0.1) is 0 Å². The molecule has 0 unspecified atom stereocenters. The van der Waals surface area contributed by atoms with Crippen molar-refractivity contribution in [2.75, 3.05) is 0 Å². The average Bonchev–Trinajstić information content (AvgIpc) is 2.33. The number of hydrogen-bond donors (Lipinski definition) is 0. The number of rotatable bonds is 4. The molecule has 0 amide bonds. The number of allylic oxidation sites excluding steroid dienone is 3. The van der Waals surface area contributed by atoms with Crippen LogP contribution < -0.4 is 0 Å². The van der Waals surface area contributed by atoms with E-state index in [0.29, 0.717) is 0 Å². The molecule has 82 valence electrons. The van der Waals surface area contributed by atoms with E-state index in [-0.39, 0.29) is 0 Å².